The van der Waals surface area contributed by atoms with E-state index in [1.54, 1.807) is 31.3 Å². The van der Waals surface area contributed by atoms with Gasteiger partial charge in [-0.25, -0.2) is 8.78 Å². The van der Waals surface area contributed by atoms with E-state index in [9.17, 15) is 28.7 Å². The van der Waals surface area contributed by atoms with E-state index in [0.717, 1.165) is 11.1 Å². The van der Waals surface area contributed by atoms with E-state index in [4.69, 9.17) is 0 Å². The number of anilines is 1. The number of nitrogens with zero attached hydrogens (tertiary/aromatic N) is 4. The Kier molecular flexibility index (Phi) is 8.47. The van der Waals surface area contributed by atoms with Gasteiger partial charge in [0.25, 0.3) is 5.91 Å². The van der Waals surface area contributed by atoms with Crippen LogP contribution in [-0.4, -0.2) is 57.0 Å². The third-order valence-electron chi connectivity index (χ3n) is 8.37. The Labute approximate surface area is 250 Å². The SMILES string of the molecule is Cc1ccncc1C(C(=O)NC1CCC(F)(F)CC1)N(C(=O)[C@H]1C[C@@](C)(O)CN1C#N)c1ccc(-c2ccccc2)cc1. The van der Waals surface area contributed by atoms with Gasteiger partial charge < -0.3 is 10.4 Å². The van der Waals surface area contributed by atoms with Gasteiger partial charge in [-0.15, -0.1) is 0 Å². The second-order valence-electron chi connectivity index (χ2n) is 11.8. The van der Waals surface area contributed by atoms with Crippen molar-refractivity contribution in [2.24, 2.45) is 0 Å². The molecule has 2 aliphatic rings. The second kappa shape index (κ2) is 12.1. The molecule has 1 aliphatic carbocycles. The summed E-state index contributed by atoms with van der Waals surface area (Å²) in [6, 6.07) is 15.9. The average molecular weight is 588 g/mol. The van der Waals surface area contributed by atoms with Crippen molar-refractivity contribution in [2.75, 3.05) is 11.4 Å². The number of hydrogen-bond acceptors (Lipinski definition) is 6. The molecule has 1 saturated heterocycles. The normalized spacial score (nSPS) is 22.4. The first-order valence-electron chi connectivity index (χ1n) is 14.4. The summed E-state index contributed by atoms with van der Waals surface area (Å²) >= 11 is 0. The summed E-state index contributed by atoms with van der Waals surface area (Å²) < 4.78 is 27.8. The molecule has 2 heterocycles. The van der Waals surface area contributed by atoms with Crippen LogP contribution in [-0.2, 0) is 9.59 Å². The Hall–Kier alpha value is -4.36. The van der Waals surface area contributed by atoms with Gasteiger partial charge in [0.15, 0.2) is 6.19 Å². The number of hydrogen-bond donors (Lipinski definition) is 2. The molecule has 1 saturated carbocycles. The molecule has 1 aromatic heterocycles. The molecule has 2 aromatic carbocycles. The Morgan fingerprint density at radius 3 is 2.37 bits per heavy atom. The smallest absolute Gasteiger partial charge is 0.251 e. The molecule has 43 heavy (non-hydrogen) atoms. The van der Waals surface area contributed by atoms with Crippen molar-refractivity contribution >= 4 is 17.5 Å². The van der Waals surface area contributed by atoms with Crippen LogP contribution in [0.25, 0.3) is 11.1 Å². The van der Waals surface area contributed by atoms with Crippen LogP contribution in [0.1, 0.15) is 56.2 Å². The lowest BCUT2D eigenvalue weighted by atomic mass is 9.91. The number of carbonyl (C=O) groups is 2. The van der Waals surface area contributed by atoms with Crippen LogP contribution in [0, 0.1) is 18.4 Å². The predicted molar refractivity (Wildman–Crippen MR) is 158 cm³/mol. The van der Waals surface area contributed by atoms with Gasteiger partial charge in [-0.1, -0.05) is 42.5 Å². The van der Waals surface area contributed by atoms with Crippen LogP contribution in [0.4, 0.5) is 14.5 Å². The summed E-state index contributed by atoms with van der Waals surface area (Å²) in [5.74, 6) is -3.83. The van der Waals surface area contributed by atoms with Gasteiger partial charge in [-0.05, 0) is 61.6 Å². The first-order chi connectivity index (χ1) is 20.5. The lowest BCUT2D eigenvalue weighted by Gasteiger charge is -2.36. The zero-order chi connectivity index (χ0) is 30.8. The van der Waals surface area contributed by atoms with Gasteiger partial charge in [0.05, 0.1) is 12.1 Å². The highest BCUT2D eigenvalue weighted by Gasteiger charge is 2.47. The molecule has 0 spiro atoms. The minimum Gasteiger partial charge on any atom is -0.388 e. The van der Waals surface area contributed by atoms with Crippen molar-refractivity contribution in [1.29, 1.82) is 5.26 Å². The van der Waals surface area contributed by atoms with E-state index in [1.807, 2.05) is 55.6 Å². The Morgan fingerprint density at radius 1 is 1.09 bits per heavy atom. The van der Waals surface area contributed by atoms with Crippen LogP contribution in [0.2, 0.25) is 0 Å². The van der Waals surface area contributed by atoms with Crippen molar-refractivity contribution in [3.05, 3.63) is 84.2 Å². The third kappa shape index (κ3) is 6.67. The van der Waals surface area contributed by atoms with Gasteiger partial charge in [0, 0.05) is 48.9 Å². The minimum atomic E-state index is -2.76. The average Bonchev–Trinajstić information content (AvgIpc) is 3.32. The summed E-state index contributed by atoms with van der Waals surface area (Å²) in [4.78, 5) is 35.5. The van der Waals surface area contributed by atoms with Gasteiger partial charge >= 0.3 is 0 Å². The highest BCUT2D eigenvalue weighted by Crippen LogP contribution is 2.37. The molecular formula is C33H35F2N5O3. The molecule has 3 atom stereocenters. The quantitative estimate of drug-likeness (QED) is 0.371. The Balaban J connectivity index is 1.58. The lowest BCUT2D eigenvalue weighted by Crippen LogP contribution is -2.52. The number of likely N-dealkylation sites (tertiary alicyclic amines) is 1. The predicted octanol–water partition coefficient (Wildman–Crippen LogP) is 5.13. The fraction of sp³-hybridized carbons (Fsp3) is 0.394. The number of pyridine rings is 1. The molecule has 2 fully saturated rings. The molecule has 8 nitrogen and oxygen atoms in total. The molecule has 5 rings (SSSR count). The van der Waals surface area contributed by atoms with Crippen molar-refractivity contribution in [3.63, 3.8) is 0 Å². The molecule has 1 unspecified atom stereocenters. The number of nitrogens with one attached hydrogen (secondary N) is 1. The number of aromatic nitrogens is 1. The van der Waals surface area contributed by atoms with Crippen LogP contribution in [0.15, 0.2) is 73.1 Å². The number of nitriles is 1. The molecule has 224 valence electrons. The topological polar surface area (TPSA) is 110 Å². The summed E-state index contributed by atoms with van der Waals surface area (Å²) in [5.41, 5.74) is 2.18. The first kappa shape index (κ1) is 30.1. The fourth-order valence-corrected chi connectivity index (χ4v) is 6.03. The molecule has 2 amide bonds. The van der Waals surface area contributed by atoms with Gasteiger partial charge in [0.1, 0.15) is 12.1 Å². The van der Waals surface area contributed by atoms with E-state index in [2.05, 4.69) is 10.3 Å². The number of aliphatic hydroxyl groups is 1. The summed E-state index contributed by atoms with van der Waals surface area (Å²) in [7, 11) is 0. The second-order valence-corrected chi connectivity index (χ2v) is 11.8. The summed E-state index contributed by atoms with van der Waals surface area (Å²) in [6.07, 6.45) is 4.71. The number of aryl methyl sites for hydroxylation is 1. The van der Waals surface area contributed by atoms with Crippen LogP contribution in [0.3, 0.4) is 0 Å². The molecule has 2 N–H and O–H groups in total. The molecule has 0 radical (unpaired) electrons. The van der Waals surface area contributed by atoms with Crippen LogP contribution >= 0.6 is 0 Å². The van der Waals surface area contributed by atoms with Crippen LogP contribution in [0.5, 0.6) is 0 Å². The van der Waals surface area contributed by atoms with Crippen LogP contribution < -0.4 is 10.2 Å². The van der Waals surface area contributed by atoms with Crippen molar-refractivity contribution < 1.29 is 23.5 Å². The number of β-amino-alcohol motifs (C(OH)–C–C–N with tert-alkyl or cyclic N) is 1. The van der Waals surface area contributed by atoms with Gasteiger partial charge in [-0.2, -0.15) is 5.26 Å². The molecular weight excluding hydrogens is 552 g/mol. The zero-order valence-corrected chi connectivity index (χ0v) is 24.2. The van der Waals surface area contributed by atoms with Gasteiger partial charge in [-0.3, -0.25) is 24.4 Å². The number of benzene rings is 2. The first-order valence-corrected chi connectivity index (χ1v) is 14.4. The summed E-state index contributed by atoms with van der Waals surface area (Å²) in [6.45, 7) is 3.35. The maximum Gasteiger partial charge on any atom is 0.251 e. The minimum absolute atomic E-state index is 0.00391. The Bertz CT molecular complexity index is 1500. The van der Waals surface area contributed by atoms with E-state index in [-0.39, 0.29) is 38.6 Å². The number of carbonyl (C=O) groups excluding carboxylic acids is 2. The third-order valence-corrected chi connectivity index (χ3v) is 8.37. The Morgan fingerprint density at radius 2 is 1.74 bits per heavy atom. The summed E-state index contributed by atoms with van der Waals surface area (Å²) in [5, 5.41) is 23.6. The standard InChI is InChI=1S/C33H35F2N5O3/c1-22-14-17-37-19-27(22)29(30(41)38-25-12-15-33(34,35)16-13-25)40(31(42)28-18-32(2,43)20-39(28)21-36)26-10-8-24(9-11-26)23-6-4-3-5-7-23/h3-11,14,17,19,25,28-29,43H,12-13,15-16,18,20H2,1-2H3,(H,38,41)/t28-,29?,32-/m1/s1. The number of alkyl halides is 2. The van der Waals surface area contributed by atoms with E-state index in [0.29, 0.717) is 16.8 Å². The van der Waals surface area contributed by atoms with Gasteiger partial charge in [0.2, 0.25) is 11.8 Å². The highest BCUT2D eigenvalue weighted by atomic mass is 19.3. The monoisotopic (exact) mass is 587 g/mol. The number of amides is 2. The number of rotatable bonds is 7. The van der Waals surface area contributed by atoms with Crippen molar-refractivity contribution in [2.45, 2.75) is 75.6 Å². The maximum absolute atomic E-state index is 14.5. The van der Waals surface area contributed by atoms with E-state index in [1.165, 1.54) is 16.0 Å². The zero-order valence-electron chi connectivity index (χ0n) is 24.2. The van der Waals surface area contributed by atoms with E-state index >= 15 is 0 Å². The lowest BCUT2D eigenvalue weighted by molar-refractivity contribution is -0.129. The van der Waals surface area contributed by atoms with Crippen molar-refractivity contribution in [3.8, 4) is 17.3 Å². The maximum atomic E-state index is 14.5. The van der Waals surface area contributed by atoms with Crippen molar-refractivity contribution in [1.82, 2.24) is 15.2 Å². The number of halogens is 2. The molecule has 0 bridgehead atoms. The van der Waals surface area contributed by atoms with E-state index < -0.39 is 41.5 Å². The molecule has 10 heteroatoms. The largest absolute Gasteiger partial charge is 0.388 e. The molecule has 3 aromatic rings. The molecule has 1 aliphatic heterocycles. The fourth-order valence-electron chi connectivity index (χ4n) is 6.03. The highest BCUT2D eigenvalue weighted by molar-refractivity contribution is 6.04.